The van der Waals surface area contributed by atoms with Crippen LogP contribution in [0.1, 0.15) is 10.4 Å². The summed E-state index contributed by atoms with van der Waals surface area (Å²) in [4.78, 5) is 12.0. The third kappa shape index (κ3) is 3.55. The molecule has 0 saturated heterocycles. The van der Waals surface area contributed by atoms with Gasteiger partial charge in [0.05, 0.1) is 6.20 Å². The average Bonchev–Trinajstić information content (AvgIpc) is 2.33. The first-order chi connectivity index (χ1) is 8.16. The van der Waals surface area contributed by atoms with Gasteiger partial charge in [-0.25, -0.2) is 4.57 Å². The van der Waals surface area contributed by atoms with Crippen molar-refractivity contribution in [3.8, 4) is 0 Å². The van der Waals surface area contributed by atoms with E-state index in [0.717, 1.165) is 0 Å². The van der Waals surface area contributed by atoms with Gasteiger partial charge in [-0.15, -0.1) is 0 Å². The fraction of sp³-hybridized carbons (Fsp3) is 0.0769. The highest BCUT2D eigenvalue weighted by atomic mass is 79.9. The second-order valence-electron chi connectivity index (χ2n) is 3.68. The molecule has 1 heterocycles. The number of halogens is 2. The molecule has 5 heteroatoms. The Labute approximate surface area is 121 Å². The van der Waals surface area contributed by atoms with E-state index in [1.54, 1.807) is 41.1 Å². The highest BCUT2D eigenvalue weighted by Crippen LogP contribution is 2.10. The maximum atomic E-state index is 12.0. The number of anilines is 1. The van der Waals surface area contributed by atoms with E-state index >= 15 is 0 Å². The number of Topliss-reactive ketones (excluding diaryl/α,β-unsaturated/α-hetero) is 1. The highest BCUT2D eigenvalue weighted by molar-refractivity contribution is 6.30. The molecular weight excluding hydrogens is 316 g/mol. The van der Waals surface area contributed by atoms with E-state index in [4.69, 9.17) is 17.3 Å². The van der Waals surface area contributed by atoms with Crippen molar-refractivity contribution in [1.29, 1.82) is 0 Å². The van der Waals surface area contributed by atoms with Crippen LogP contribution in [0.4, 0.5) is 5.82 Å². The van der Waals surface area contributed by atoms with E-state index in [1.807, 2.05) is 12.1 Å². The Morgan fingerprint density at radius 3 is 2.44 bits per heavy atom. The van der Waals surface area contributed by atoms with E-state index in [2.05, 4.69) is 0 Å². The molecule has 3 nitrogen and oxygen atoms in total. The van der Waals surface area contributed by atoms with Crippen molar-refractivity contribution in [2.45, 2.75) is 6.54 Å². The van der Waals surface area contributed by atoms with E-state index in [9.17, 15) is 4.79 Å². The van der Waals surface area contributed by atoms with Crippen LogP contribution in [0, 0.1) is 0 Å². The van der Waals surface area contributed by atoms with Gasteiger partial charge in [0.25, 0.3) is 5.82 Å². The van der Waals surface area contributed by atoms with Crippen molar-refractivity contribution >= 4 is 23.2 Å². The number of carbonyl (C=O) groups is 1. The van der Waals surface area contributed by atoms with E-state index in [-0.39, 0.29) is 29.3 Å². The first kappa shape index (κ1) is 14.7. The third-order valence-corrected chi connectivity index (χ3v) is 2.71. The smallest absolute Gasteiger partial charge is 0.272 e. The van der Waals surface area contributed by atoms with Gasteiger partial charge in [0.1, 0.15) is 0 Å². The molecular formula is C13H12BrClN2O. The molecule has 1 aromatic heterocycles. The number of benzene rings is 1. The van der Waals surface area contributed by atoms with Gasteiger partial charge >= 0.3 is 0 Å². The standard InChI is InChI=1S/C13H11ClN2O.BrH/c14-11-6-4-10(5-7-11)12(17)9-16-8-2-1-3-13(16)15;/h1-8,15H,9H2;1H. The quantitative estimate of drug-likeness (QED) is 0.586. The second-order valence-corrected chi connectivity index (χ2v) is 4.12. The normalized spacial score (nSPS) is 9.61. The van der Waals surface area contributed by atoms with Gasteiger partial charge in [0.2, 0.25) is 5.78 Å². The number of nitrogen functional groups attached to an aromatic ring is 1. The molecule has 0 saturated carbocycles. The summed E-state index contributed by atoms with van der Waals surface area (Å²) in [6, 6.07) is 12.3. The van der Waals surface area contributed by atoms with Gasteiger partial charge in [-0.2, -0.15) is 0 Å². The number of rotatable bonds is 3. The Hall–Kier alpha value is -1.39. The molecule has 0 bridgehead atoms. The lowest BCUT2D eigenvalue weighted by atomic mass is 10.1. The van der Waals surface area contributed by atoms with Crippen LogP contribution in [0.25, 0.3) is 0 Å². The summed E-state index contributed by atoms with van der Waals surface area (Å²) < 4.78 is 1.71. The molecule has 0 aliphatic rings. The molecule has 0 aliphatic heterocycles. The lowest BCUT2D eigenvalue weighted by Gasteiger charge is -2.02. The Morgan fingerprint density at radius 2 is 1.83 bits per heavy atom. The SMILES string of the molecule is Nc1cccc[n+]1CC(=O)c1ccc(Cl)cc1.[Br-]. The van der Waals surface area contributed by atoms with Gasteiger partial charge < -0.3 is 17.0 Å². The topological polar surface area (TPSA) is 47.0 Å². The minimum absolute atomic E-state index is 0. The molecule has 1 aromatic carbocycles. The fourth-order valence-electron chi connectivity index (χ4n) is 1.52. The molecule has 0 aliphatic carbocycles. The zero-order chi connectivity index (χ0) is 12.3. The van der Waals surface area contributed by atoms with Gasteiger partial charge in [-0.1, -0.05) is 17.7 Å². The largest absolute Gasteiger partial charge is 1.00 e. The van der Waals surface area contributed by atoms with Gasteiger partial charge in [-0.05, 0) is 30.3 Å². The maximum absolute atomic E-state index is 12.0. The van der Waals surface area contributed by atoms with Crippen LogP contribution in [-0.4, -0.2) is 5.78 Å². The monoisotopic (exact) mass is 326 g/mol. The Balaban J connectivity index is 0.00000162. The van der Waals surface area contributed by atoms with Crippen LogP contribution in [0.15, 0.2) is 48.7 Å². The van der Waals surface area contributed by atoms with Crippen LogP contribution in [0.5, 0.6) is 0 Å². The predicted molar refractivity (Wildman–Crippen MR) is 66.8 cm³/mol. The molecule has 2 aromatic rings. The lowest BCUT2D eigenvalue weighted by Crippen LogP contribution is -3.00. The minimum atomic E-state index is 0. The first-order valence-corrected chi connectivity index (χ1v) is 5.57. The van der Waals surface area contributed by atoms with Crippen LogP contribution in [-0.2, 0) is 6.54 Å². The van der Waals surface area contributed by atoms with Crippen molar-refractivity contribution < 1.29 is 26.3 Å². The number of hydrogen-bond acceptors (Lipinski definition) is 2. The zero-order valence-electron chi connectivity index (χ0n) is 9.51. The third-order valence-electron chi connectivity index (χ3n) is 2.46. The van der Waals surface area contributed by atoms with Crippen molar-refractivity contribution in [2.24, 2.45) is 0 Å². The summed E-state index contributed by atoms with van der Waals surface area (Å²) in [6.45, 7) is 0.230. The minimum Gasteiger partial charge on any atom is -1.00 e. The number of nitrogens with zero attached hydrogens (tertiary/aromatic N) is 1. The van der Waals surface area contributed by atoms with Crippen LogP contribution >= 0.6 is 11.6 Å². The molecule has 0 spiro atoms. The molecule has 2 rings (SSSR count). The van der Waals surface area contributed by atoms with Crippen molar-refractivity contribution in [3.05, 3.63) is 59.2 Å². The lowest BCUT2D eigenvalue weighted by molar-refractivity contribution is -0.668. The van der Waals surface area contributed by atoms with Gasteiger partial charge in [0, 0.05) is 16.7 Å². The van der Waals surface area contributed by atoms with Crippen LogP contribution in [0.2, 0.25) is 5.02 Å². The van der Waals surface area contributed by atoms with E-state index < -0.39 is 0 Å². The summed E-state index contributed by atoms with van der Waals surface area (Å²) >= 11 is 5.77. The predicted octanol–water partition coefficient (Wildman–Crippen LogP) is -0.903. The summed E-state index contributed by atoms with van der Waals surface area (Å²) in [6.07, 6.45) is 1.78. The summed E-state index contributed by atoms with van der Waals surface area (Å²) in [7, 11) is 0. The number of nitrogens with two attached hydrogens (primary N) is 1. The number of hydrogen-bond donors (Lipinski definition) is 1. The summed E-state index contributed by atoms with van der Waals surface area (Å²) in [5.41, 5.74) is 6.39. The van der Waals surface area contributed by atoms with Crippen molar-refractivity contribution in [1.82, 2.24) is 0 Å². The number of aromatic nitrogens is 1. The van der Waals surface area contributed by atoms with E-state index in [0.29, 0.717) is 16.4 Å². The number of ketones is 1. The molecule has 0 unspecified atom stereocenters. The molecule has 0 atom stereocenters. The van der Waals surface area contributed by atoms with Crippen molar-refractivity contribution in [2.75, 3.05) is 5.73 Å². The zero-order valence-corrected chi connectivity index (χ0v) is 11.9. The Bertz CT molecular complexity index is 543. The summed E-state index contributed by atoms with van der Waals surface area (Å²) in [5.74, 6) is 0.569. The molecule has 2 N–H and O–H groups in total. The molecule has 0 radical (unpaired) electrons. The first-order valence-electron chi connectivity index (χ1n) is 5.19. The fourth-order valence-corrected chi connectivity index (χ4v) is 1.64. The molecule has 18 heavy (non-hydrogen) atoms. The van der Waals surface area contributed by atoms with Crippen LogP contribution < -0.4 is 27.3 Å². The Kier molecular flexibility index (Phi) is 5.31. The maximum Gasteiger partial charge on any atom is 0.272 e. The van der Waals surface area contributed by atoms with Crippen LogP contribution in [0.3, 0.4) is 0 Å². The average molecular weight is 328 g/mol. The molecule has 0 fully saturated rings. The van der Waals surface area contributed by atoms with E-state index in [1.165, 1.54) is 0 Å². The number of pyridine rings is 1. The van der Waals surface area contributed by atoms with Crippen molar-refractivity contribution in [3.63, 3.8) is 0 Å². The highest BCUT2D eigenvalue weighted by Gasteiger charge is 2.11. The summed E-state index contributed by atoms with van der Waals surface area (Å²) in [5, 5.41) is 0.619. The van der Waals surface area contributed by atoms with Gasteiger partial charge in [0.15, 0.2) is 6.54 Å². The van der Waals surface area contributed by atoms with Gasteiger partial charge in [-0.3, -0.25) is 10.5 Å². The Morgan fingerprint density at radius 1 is 1.17 bits per heavy atom. The number of carbonyl (C=O) groups excluding carboxylic acids is 1. The molecule has 0 amide bonds. The molecule has 94 valence electrons. The second kappa shape index (κ2) is 6.52.